The number of nitriles is 1. The molecule has 0 N–H and O–H groups in total. The predicted octanol–water partition coefficient (Wildman–Crippen LogP) is 3.96. The third-order valence-corrected chi connectivity index (χ3v) is 2.70. The minimum absolute atomic E-state index is 0.0859. The van der Waals surface area contributed by atoms with Gasteiger partial charge in [-0.05, 0) is 30.3 Å². The summed E-state index contributed by atoms with van der Waals surface area (Å²) in [5, 5.41) is 8.85. The minimum atomic E-state index is -0.698. The fourth-order valence-corrected chi connectivity index (χ4v) is 1.71. The maximum atomic E-state index is 13.7. The lowest BCUT2D eigenvalue weighted by atomic mass is 10.2. The molecule has 94 valence electrons. The van der Waals surface area contributed by atoms with Crippen LogP contribution in [-0.2, 0) is 0 Å². The Kier molecular flexibility index (Phi) is 3.79. The van der Waals surface area contributed by atoms with Crippen molar-refractivity contribution in [2.75, 3.05) is 0 Å². The number of hydrogen-bond acceptors (Lipinski definition) is 3. The Morgan fingerprint density at radius 2 is 2.11 bits per heavy atom. The second-order valence-electron chi connectivity index (χ2n) is 3.64. The van der Waals surface area contributed by atoms with E-state index in [0.717, 1.165) is 6.07 Å². The number of aldehydes is 1. The van der Waals surface area contributed by atoms with Crippen LogP contribution in [0.25, 0.3) is 0 Å². The van der Waals surface area contributed by atoms with Gasteiger partial charge in [-0.2, -0.15) is 5.26 Å². The summed E-state index contributed by atoms with van der Waals surface area (Å²) in [6.07, 6.45) is 0.572. The second kappa shape index (κ2) is 5.51. The third kappa shape index (κ3) is 2.72. The van der Waals surface area contributed by atoms with Gasteiger partial charge in [0.15, 0.2) is 23.6 Å². The van der Waals surface area contributed by atoms with Crippen molar-refractivity contribution in [2.45, 2.75) is 0 Å². The summed E-state index contributed by atoms with van der Waals surface area (Å²) in [4.78, 5) is 10.9. The molecule has 2 aromatic rings. The fraction of sp³-hybridized carbons (Fsp3) is 0. The Hall–Kier alpha value is -2.38. The molecule has 0 saturated carbocycles. The fourth-order valence-electron chi connectivity index (χ4n) is 1.49. The van der Waals surface area contributed by atoms with E-state index >= 15 is 0 Å². The molecule has 5 heteroatoms. The maximum absolute atomic E-state index is 13.7. The molecule has 0 fully saturated rings. The molecule has 19 heavy (non-hydrogen) atoms. The molecule has 0 atom stereocenters. The average molecular weight is 276 g/mol. The zero-order chi connectivity index (χ0) is 13.8. The molecule has 0 aliphatic carbocycles. The first-order valence-electron chi connectivity index (χ1n) is 5.27. The summed E-state index contributed by atoms with van der Waals surface area (Å²) in [6.45, 7) is 0. The highest BCUT2D eigenvalue weighted by Crippen LogP contribution is 2.33. The molecule has 0 spiro atoms. The van der Waals surface area contributed by atoms with Crippen LogP contribution in [0.1, 0.15) is 15.9 Å². The molecular weight excluding hydrogens is 269 g/mol. The standard InChI is InChI=1S/C14H7ClFNO2/c15-11-3-1-2-10(8-18)14(11)19-13-5-4-9(7-17)6-12(13)16/h1-6,8H. The molecule has 0 unspecified atom stereocenters. The first-order valence-corrected chi connectivity index (χ1v) is 5.64. The highest BCUT2D eigenvalue weighted by atomic mass is 35.5. The smallest absolute Gasteiger partial charge is 0.167 e. The quantitative estimate of drug-likeness (QED) is 0.797. The monoisotopic (exact) mass is 275 g/mol. The average Bonchev–Trinajstić information content (AvgIpc) is 2.42. The van der Waals surface area contributed by atoms with Gasteiger partial charge in [0.2, 0.25) is 0 Å². The minimum Gasteiger partial charge on any atom is -0.452 e. The predicted molar refractivity (Wildman–Crippen MR) is 68.0 cm³/mol. The Morgan fingerprint density at radius 3 is 2.74 bits per heavy atom. The van der Waals surface area contributed by atoms with Gasteiger partial charge in [0.25, 0.3) is 0 Å². The van der Waals surface area contributed by atoms with Crippen LogP contribution in [-0.4, -0.2) is 6.29 Å². The summed E-state index contributed by atoms with van der Waals surface area (Å²) in [5.41, 5.74) is 0.399. The van der Waals surface area contributed by atoms with E-state index in [0.29, 0.717) is 6.29 Å². The molecule has 0 heterocycles. The number of halogens is 2. The number of nitrogens with zero attached hydrogens (tertiary/aromatic N) is 1. The highest BCUT2D eigenvalue weighted by molar-refractivity contribution is 6.32. The van der Waals surface area contributed by atoms with Crippen molar-refractivity contribution >= 4 is 17.9 Å². The molecular formula is C14H7ClFNO2. The van der Waals surface area contributed by atoms with E-state index in [9.17, 15) is 9.18 Å². The Bertz CT molecular complexity index is 680. The first-order chi connectivity index (χ1) is 9.15. The van der Waals surface area contributed by atoms with Gasteiger partial charge in [-0.15, -0.1) is 0 Å². The Labute approximate surface area is 113 Å². The SMILES string of the molecule is N#Cc1ccc(Oc2c(Cl)cccc2C=O)c(F)c1. The molecule has 3 nitrogen and oxygen atoms in total. The Morgan fingerprint density at radius 1 is 1.32 bits per heavy atom. The molecule has 0 bridgehead atoms. The van der Waals surface area contributed by atoms with Crippen molar-refractivity contribution < 1.29 is 13.9 Å². The van der Waals surface area contributed by atoms with Crippen LogP contribution in [0.3, 0.4) is 0 Å². The normalized spacial score (nSPS) is 9.74. The van der Waals surface area contributed by atoms with Crippen molar-refractivity contribution in [3.8, 4) is 17.6 Å². The van der Waals surface area contributed by atoms with Crippen molar-refractivity contribution in [3.63, 3.8) is 0 Å². The molecule has 0 saturated heterocycles. The number of carbonyl (C=O) groups is 1. The summed E-state index contributed by atoms with van der Waals surface area (Å²) >= 11 is 5.91. The van der Waals surface area contributed by atoms with E-state index < -0.39 is 5.82 Å². The van der Waals surface area contributed by atoms with Gasteiger partial charge in [0, 0.05) is 0 Å². The van der Waals surface area contributed by atoms with Crippen LogP contribution in [0.5, 0.6) is 11.5 Å². The number of ether oxygens (including phenoxy) is 1. The zero-order valence-electron chi connectivity index (χ0n) is 9.56. The van der Waals surface area contributed by atoms with Gasteiger partial charge in [-0.3, -0.25) is 4.79 Å². The van der Waals surface area contributed by atoms with Crippen LogP contribution in [0.4, 0.5) is 4.39 Å². The molecule has 0 aromatic heterocycles. The lowest BCUT2D eigenvalue weighted by Crippen LogP contribution is -1.94. The van der Waals surface area contributed by atoms with Crippen LogP contribution in [0, 0.1) is 17.1 Å². The number of carbonyl (C=O) groups excluding carboxylic acids is 1. The topological polar surface area (TPSA) is 50.1 Å². The van der Waals surface area contributed by atoms with Gasteiger partial charge < -0.3 is 4.74 Å². The van der Waals surface area contributed by atoms with E-state index in [1.165, 1.54) is 24.3 Å². The van der Waals surface area contributed by atoms with Gasteiger partial charge in [-0.25, -0.2) is 4.39 Å². The van der Waals surface area contributed by atoms with E-state index in [2.05, 4.69) is 0 Å². The summed E-state index contributed by atoms with van der Waals surface area (Å²) in [6, 6.07) is 10.2. The second-order valence-corrected chi connectivity index (χ2v) is 4.04. The van der Waals surface area contributed by atoms with Gasteiger partial charge in [-0.1, -0.05) is 17.7 Å². The van der Waals surface area contributed by atoms with E-state index in [4.69, 9.17) is 21.6 Å². The van der Waals surface area contributed by atoms with Crippen molar-refractivity contribution in [2.24, 2.45) is 0 Å². The number of benzene rings is 2. The highest BCUT2D eigenvalue weighted by Gasteiger charge is 2.12. The molecule has 0 aliphatic heterocycles. The van der Waals surface area contributed by atoms with Gasteiger partial charge >= 0.3 is 0 Å². The van der Waals surface area contributed by atoms with E-state index in [1.54, 1.807) is 6.07 Å². The summed E-state index contributed by atoms with van der Waals surface area (Å²) < 4.78 is 19.0. The van der Waals surface area contributed by atoms with Crippen LogP contribution in [0.2, 0.25) is 5.02 Å². The maximum Gasteiger partial charge on any atom is 0.167 e. The van der Waals surface area contributed by atoms with Crippen molar-refractivity contribution in [1.29, 1.82) is 5.26 Å². The van der Waals surface area contributed by atoms with Crippen LogP contribution >= 0.6 is 11.6 Å². The van der Waals surface area contributed by atoms with E-state index in [-0.39, 0.29) is 27.6 Å². The van der Waals surface area contributed by atoms with Crippen molar-refractivity contribution in [3.05, 3.63) is 58.4 Å². The lowest BCUT2D eigenvalue weighted by molar-refractivity contribution is 0.112. The summed E-state index contributed by atoms with van der Waals surface area (Å²) in [7, 11) is 0. The number of rotatable bonds is 3. The number of para-hydroxylation sites is 1. The first kappa shape index (κ1) is 13.1. The van der Waals surface area contributed by atoms with E-state index in [1.807, 2.05) is 6.07 Å². The number of hydrogen-bond donors (Lipinski definition) is 0. The Balaban J connectivity index is 2.42. The van der Waals surface area contributed by atoms with Crippen LogP contribution < -0.4 is 4.74 Å². The van der Waals surface area contributed by atoms with Gasteiger partial charge in [0.1, 0.15) is 0 Å². The molecule has 0 aliphatic rings. The largest absolute Gasteiger partial charge is 0.452 e. The van der Waals surface area contributed by atoms with Crippen LogP contribution in [0.15, 0.2) is 36.4 Å². The lowest BCUT2D eigenvalue weighted by Gasteiger charge is -2.10. The van der Waals surface area contributed by atoms with Gasteiger partial charge in [0.05, 0.1) is 22.2 Å². The summed E-state index contributed by atoms with van der Waals surface area (Å²) in [5.74, 6) is -0.714. The zero-order valence-corrected chi connectivity index (χ0v) is 10.3. The molecule has 0 amide bonds. The van der Waals surface area contributed by atoms with Crippen molar-refractivity contribution in [1.82, 2.24) is 0 Å². The molecule has 2 aromatic carbocycles. The molecule has 0 radical (unpaired) electrons. The molecule has 2 rings (SSSR count). The third-order valence-electron chi connectivity index (χ3n) is 2.40.